The van der Waals surface area contributed by atoms with Crippen molar-refractivity contribution < 1.29 is 14.3 Å². The van der Waals surface area contributed by atoms with Crippen LogP contribution in [0.25, 0.3) is 0 Å². The molecular formula is C18H19Cl2NO3. The van der Waals surface area contributed by atoms with Gasteiger partial charge in [0.2, 0.25) is 5.91 Å². The number of hydrogen-bond acceptors (Lipinski definition) is 3. The summed E-state index contributed by atoms with van der Waals surface area (Å²) in [6, 6.07) is 10.4. The molecule has 0 aliphatic rings. The van der Waals surface area contributed by atoms with Crippen LogP contribution in [0.4, 0.5) is 5.69 Å². The zero-order chi connectivity index (χ0) is 17.5. The van der Waals surface area contributed by atoms with E-state index >= 15 is 0 Å². The molecule has 24 heavy (non-hydrogen) atoms. The highest BCUT2D eigenvalue weighted by Crippen LogP contribution is 2.29. The summed E-state index contributed by atoms with van der Waals surface area (Å²) in [5.74, 6) is 1.13. The second-order valence-corrected chi connectivity index (χ2v) is 6.00. The third-order valence-electron chi connectivity index (χ3n) is 3.26. The number of hydrogen-bond donors (Lipinski definition) is 1. The van der Waals surface area contributed by atoms with E-state index < -0.39 is 0 Å². The van der Waals surface area contributed by atoms with Crippen molar-refractivity contribution in [3.05, 3.63) is 52.0 Å². The molecule has 0 saturated heterocycles. The smallest absolute Gasteiger partial charge is 0.228 e. The van der Waals surface area contributed by atoms with Gasteiger partial charge < -0.3 is 14.8 Å². The van der Waals surface area contributed by atoms with Crippen molar-refractivity contribution >= 4 is 34.8 Å². The summed E-state index contributed by atoms with van der Waals surface area (Å²) in [6.07, 6.45) is 1.13. The van der Waals surface area contributed by atoms with Gasteiger partial charge in [0.05, 0.1) is 30.2 Å². The Morgan fingerprint density at radius 2 is 1.88 bits per heavy atom. The summed E-state index contributed by atoms with van der Waals surface area (Å²) < 4.78 is 10.9. The maximum Gasteiger partial charge on any atom is 0.228 e. The largest absolute Gasteiger partial charge is 0.493 e. The summed E-state index contributed by atoms with van der Waals surface area (Å²) in [6.45, 7) is 2.65. The van der Waals surface area contributed by atoms with E-state index in [-0.39, 0.29) is 12.3 Å². The Kier molecular flexibility index (Phi) is 6.76. The van der Waals surface area contributed by atoms with Crippen molar-refractivity contribution in [2.75, 3.05) is 19.0 Å². The van der Waals surface area contributed by atoms with Crippen molar-refractivity contribution in [2.24, 2.45) is 0 Å². The van der Waals surface area contributed by atoms with Gasteiger partial charge in [-0.15, -0.1) is 0 Å². The summed E-state index contributed by atoms with van der Waals surface area (Å²) in [4.78, 5) is 12.2. The molecule has 0 saturated carbocycles. The maximum atomic E-state index is 12.2. The first-order valence-corrected chi connectivity index (χ1v) is 8.33. The molecule has 2 aromatic carbocycles. The lowest BCUT2D eigenvalue weighted by atomic mass is 10.1. The van der Waals surface area contributed by atoms with Crippen LogP contribution >= 0.6 is 23.2 Å². The summed E-state index contributed by atoms with van der Waals surface area (Å²) >= 11 is 11.8. The summed E-state index contributed by atoms with van der Waals surface area (Å²) in [5.41, 5.74) is 1.43. The fourth-order valence-electron chi connectivity index (χ4n) is 2.12. The van der Waals surface area contributed by atoms with Gasteiger partial charge in [-0.25, -0.2) is 0 Å². The topological polar surface area (TPSA) is 47.6 Å². The van der Waals surface area contributed by atoms with Crippen LogP contribution < -0.4 is 14.8 Å². The molecule has 0 bridgehead atoms. The minimum absolute atomic E-state index is 0.155. The quantitative estimate of drug-likeness (QED) is 0.751. The minimum atomic E-state index is -0.155. The lowest BCUT2D eigenvalue weighted by molar-refractivity contribution is -0.115. The Morgan fingerprint density at radius 1 is 1.08 bits per heavy atom. The molecule has 2 rings (SSSR count). The van der Waals surface area contributed by atoms with E-state index in [1.54, 1.807) is 31.4 Å². The van der Waals surface area contributed by atoms with E-state index in [1.807, 2.05) is 19.1 Å². The highest BCUT2D eigenvalue weighted by molar-refractivity contribution is 6.42. The first-order chi connectivity index (χ1) is 11.5. The predicted octanol–water partition coefficient (Wildman–Crippen LogP) is 4.97. The standard InChI is InChI=1S/C18H19Cl2NO3/c1-3-8-24-16-7-4-12(9-17(16)23-2)10-18(22)21-13-5-6-14(19)15(20)11-13/h4-7,9,11H,3,8,10H2,1-2H3,(H,21,22). The van der Waals surface area contributed by atoms with Gasteiger partial charge >= 0.3 is 0 Å². The van der Waals surface area contributed by atoms with Gasteiger partial charge in [-0.3, -0.25) is 4.79 Å². The monoisotopic (exact) mass is 367 g/mol. The Morgan fingerprint density at radius 3 is 2.54 bits per heavy atom. The third-order valence-corrected chi connectivity index (χ3v) is 4.00. The lowest BCUT2D eigenvalue weighted by Gasteiger charge is -2.12. The number of amides is 1. The number of ether oxygens (including phenoxy) is 2. The molecule has 6 heteroatoms. The first-order valence-electron chi connectivity index (χ1n) is 7.58. The highest BCUT2D eigenvalue weighted by Gasteiger charge is 2.10. The van der Waals surface area contributed by atoms with Crippen LogP contribution in [0.2, 0.25) is 10.0 Å². The van der Waals surface area contributed by atoms with Crippen molar-refractivity contribution in [1.29, 1.82) is 0 Å². The van der Waals surface area contributed by atoms with Crippen LogP contribution in [0.1, 0.15) is 18.9 Å². The third kappa shape index (κ3) is 5.05. The minimum Gasteiger partial charge on any atom is -0.493 e. The Hall–Kier alpha value is -1.91. The summed E-state index contributed by atoms with van der Waals surface area (Å²) in [7, 11) is 1.58. The van der Waals surface area contributed by atoms with Gasteiger partial charge in [0.1, 0.15) is 0 Å². The van der Waals surface area contributed by atoms with Crippen LogP contribution in [-0.4, -0.2) is 19.6 Å². The Bertz CT molecular complexity index is 719. The number of nitrogens with one attached hydrogen (secondary N) is 1. The van der Waals surface area contributed by atoms with Crippen LogP contribution in [0.5, 0.6) is 11.5 Å². The predicted molar refractivity (Wildman–Crippen MR) is 97.6 cm³/mol. The molecule has 0 aliphatic heterocycles. The van der Waals surface area contributed by atoms with E-state index in [0.717, 1.165) is 12.0 Å². The van der Waals surface area contributed by atoms with E-state index in [1.165, 1.54) is 0 Å². The van der Waals surface area contributed by atoms with Crippen LogP contribution in [0.3, 0.4) is 0 Å². The first kappa shape index (κ1) is 18.4. The van der Waals surface area contributed by atoms with Gasteiger partial charge in [0.15, 0.2) is 11.5 Å². The van der Waals surface area contributed by atoms with E-state index in [9.17, 15) is 4.79 Å². The number of rotatable bonds is 7. The number of halogens is 2. The fraction of sp³-hybridized carbons (Fsp3) is 0.278. The van der Waals surface area contributed by atoms with Gasteiger partial charge in [0.25, 0.3) is 0 Å². The number of benzene rings is 2. The Labute approximate surface area is 151 Å². The summed E-state index contributed by atoms with van der Waals surface area (Å²) in [5, 5.41) is 3.63. The van der Waals surface area contributed by atoms with Crippen LogP contribution in [0, 0.1) is 0 Å². The molecule has 1 N–H and O–H groups in total. The second-order valence-electron chi connectivity index (χ2n) is 5.19. The molecule has 0 unspecified atom stereocenters. The van der Waals surface area contributed by atoms with Gasteiger partial charge in [-0.2, -0.15) is 0 Å². The molecule has 2 aromatic rings. The van der Waals surface area contributed by atoms with Gasteiger partial charge in [0, 0.05) is 5.69 Å². The number of methoxy groups -OCH3 is 1. The SMILES string of the molecule is CCCOc1ccc(CC(=O)Nc2ccc(Cl)c(Cl)c2)cc1OC. The molecule has 0 aromatic heterocycles. The average molecular weight is 368 g/mol. The van der Waals surface area contributed by atoms with Crippen molar-refractivity contribution in [2.45, 2.75) is 19.8 Å². The van der Waals surface area contributed by atoms with Crippen molar-refractivity contribution in [3.63, 3.8) is 0 Å². The molecular weight excluding hydrogens is 349 g/mol. The molecule has 4 nitrogen and oxygen atoms in total. The highest BCUT2D eigenvalue weighted by atomic mass is 35.5. The zero-order valence-corrected chi connectivity index (χ0v) is 15.1. The Balaban J connectivity index is 2.04. The maximum absolute atomic E-state index is 12.2. The number of carbonyl (C=O) groups excluding carboxylic acids is 1. The normalized spacial score (nSPS) is 10.3. The average Bonchev–Trinajstić information content (AvgIpc) is 2.56. The van der Waals surface area contributed by atoms with Crippen LogP contribution in [-0.2, 0) is 11.2 Å². The van der Waals surface area contributed by atoms with E-state index in [0.29, 0.717) is 33.8 Å². The molecule has 0 aliphatic carbocycles. The van der Waals surface area contributed by atoms with Crippen molar-refractivity contribution in [1.82, 2.24) is 0 Å². The van der Waals surface area contributed by atoms with Crippen LogP contribution in [0.15, 0.2) is 36.4 Å². The zero-order valence-electron chi connectivity index (χ0n) is 13.6. The molecule has 0 radical (unpaired) electrons. The van der Waals surface area contributed by atoms with E-state index in [4.69, 9.17) is 32.7 Å². The number of anilines is 1. The van der Waals surface area contributed by atoms with Crippen molar-refractivity contribution in [3.8, 4) is 11.5 Å². The fourth-order valence-corrected chi connectivity index (χ4v) is 2.42. The molecule has 128 valence electrons. The van der Waals surface area contributed by atoms with E-state index in [2.05, 4.69) is 5.32 Å². The molecule has 1 amide bonds. The molecule has 0 heterocycles. The van der Waals surface area contributed by atoms with Gasteiger partial charge in [-0.1, -0.05) is 36.2 Å². The second kappa shape index (κ2) is 8.81. The number of carbonyl (C=O) groups is 1. The molecule has 0 atom stereocenters. The molecule has 0 spiro atoms. The lowest BCUT2D eigenvalue weighted by Crippen LogP contribution is -2.14. The molecule has 0 fully saturated rings. The van der Waals surface area contributed by atoms with Gasteiger partial charge in [-0.05, 0) is 42.3 Å².